The van der Waals surface area contributed by atoms with Crippen LogP contribution in [0.4, 0.5) is 32.3 Å². The molecule has 1 saturated heterocycles. The average molecular weight is 514 g/mol. The molecule has 2 heterocycles. The molecule has 34 heavy (non-hydrogen) atoms. The van der Waals surface area contributed by atoms with Gasteiger partial charge in [0.1, 0.15) is 17.0 Å². The number of rotatable bonds is 3. The number of amides is 1. The van der Waals surface area contributed by atoms with Crippen LogP contribution in [0.2, 0.25) is 0 Å². The number of alkyl halides is 6. The molecular formula is C20H24F6N4O3S. The van der Waals surface area contributed by atoms with Crippen molar-refractivity contribution in [3.05, 3.63) is 17.5 Å². The first-order valence-electron chi connectivity index (χ1n) is 10.8. The smallest absolute Gasteiger partial charge is 0.348 e. The summed E-state index contributed by atoms with van der Waals surface area (Å²) >= 11 is 0. The van der Waals surface area contributed by atoms with Gasteiger partial charge in [-0.15, -0.1) is 0 Å². The minimum absolute atomic E-state index is 0.142. The Morgan fingerprint density at radius 3 is 1.94 bits per heavy atom. The molecule has 0 radical (unpaired) electrons. The Labute approximate surface area is 192 Å². The van der Waals surface area contributed by atoms with Crippen LogP contribution in [0.3, 0.4) is 0 Å². The van der Waals surface area contributed by atoms with E-state index in [1.165, 1.54) is 0 Å². The van der Waals surface area contributed by atoms with Crippen molar-refractivity contribution in [2.24, 2.45) is 0 Å². The summed E-state index contributed by atoms with van der Waals surface area (Å²) in [4.78, 5) is 21.1. The van der Waals surface area contributed by atoms with E-state index in [2.05, 4.69) is 15.3 Å². The number of halogens is 6. The van der Waals surface area contributed by atoms with Crippen molar-refractivity contribution in [3.63, 3.8) is 0 Å². The lowest BCUT2D eigenvalue weighted by Gasteiger charge is -2.63. The summed E-state index contributed by atoms with van der Waals surface area (Å²) < 4.78 is 106. The molecule has 1 aromatic heterocycles. The lowest BCUT2D eigenvalue weighted by atomic mass is 9.49. The highest BCUT2D eigenvalue weighted by Gasteiger charge is 2.70. The first kappa shape index (κ1) is 23.9. The fourth-order valence-electron chi connectivity index (χ4n) is 6.56. The first-order chi connectivity index (χ1) is 15.5. The highest BCUT2D eigenvalue weighted by atomic mass is 32.3. The highest BCUT2D eigenvalue weighted by molar-refractivity contribution is 8.24. The molecule has 4 aliphatic carbocycles. The van der Waals surface area contributed by atoms with Gasteiger partial charge in [0.15, 0.2) is 5.69 Å². The molecule has 1 aliphatic heterocycles. The van der Waals surface area contributed by atoms with E-state index in [0.29, 0.717) is 6.20 Å². The van der Waals surface area contributed by atoms with Gasteiger partial charge >= 0.3 is 6.18 Å². The molecule has 5 aliphatic rings. The predicted molar refractivity (Wildman–Crippen MR) is 111 cm³/mol. The quantitative estimate of drug-likeness (QED) is 0.519. The third-order valence-corrected chi connectivity index (χ3v) is 8.87. The van der Waals surface area contributed by atoms with Crippen LogP contribution in [0.1, 0.15) is 54.6 Å². The van der Waals surface area contributed by atoms with Crippen molar-refractivity contribution in [2.45, 2.75) is 67.2 Å². The zero-order chi connectivity index (χ0) is 24.8. The SMILES string of the molecule is O=C(c1cnc(NC23CC4(F)CC(F)(CC(F)(C4)C2)C3)nc1C(F)(F)F)N1CCS(O)(O)CC1. The Kier molecular flexibility index (Phi) is 5.01. The van der Waals surface area contributed by atoms with Gasteiger partial charge < -0.3 is 10.2 Å². The van der Waals surface area contributed by atoms with E-state index in [1.54, 1.807) is 0 Å². The summed E-state index contributed by atoms with van der Waals surface area (Å²) in [5.74, 6) is -1.90. The normalized spacial score (nSPS) is 39.7. The number of nitrogens with one attached hydrogen (secondary N) is 1. The minimum Gasteiger partial charge on any atom is -0.348 e. The van der Waals surface area contributed by atoms with Crippen LogP contribution >= 0.6 is 10.6 Å². The van der Waals surface area contributed by atoms with E-state index in [-0.39, 0.29) is 43.9 Å². The molecule has 0 aromatic carbocycles. The fraction of sp³-hybridized carbons (Fsp3) is 0.750. The van der Waals surface area contributed by atoms with Gasteiger partial charge in [0, 0.05) is 63.4 Å². The summed E-state index contributed by atoms with van der Waals surface area (Å²) in [7, 11) is -2.87. The van der Waals surface area contributed by atoms with Crippen molar-refractivity contribution in [1.82, 2.24) is 14.9 Å². The Morgan fingerprint density at radius 2 is 1.47 bits per heavy atom. The van der Waals surface area contributed by atoms with Gasteiger partial charge in [0.2, 0.25) is 5.95 Å². The molecular weight excluding hydrogens is 490 g/mol. The van der Waals surface area contributed by atoms with Crippen LogP contribution in [0.5, 0.6) is 0 Å². The highest BCUT2D eigenvalue weighted by Crippen LogP contribution is 2.65. The lowest BCUT2D eigenvalue weighted by Crippen LogP contribution is -2.70. The molecule has 1 aromatic rings. The van der Waals surface area contributed by atoms with E-state index >= 15 is 13.2 Å². The Balaban J connectivity index is 1.44. The number of carbonyl (C=O) groups is 1. The fourth-order valence-corrected chi connectivity index (χ4v) is 7.79. The Bertz CT molecular complexity index is 977. The molecule has 0 spiro atoms. The summed E-state index contributed by atoms with van der Waals surface area (Å²) in [6.07, 6.45) is -6.52. The zero-order valence-corrected chi connectivity index (χ0v) is 18.8. The maximum absolute atomic E-state index is 15.2. The predicted octanol–water partition coefficient (Wildman–Crippen LogP) is 4.36. The maximum Gasteiger partial charge on any atom is 0.434 e. The van der Waals surface area contributed by atoms with Gasteiger partial charge in [-0.3, -0.25) is 13.9 Å². The van der Waals surface area contributed by atoms with Gasteiger partial charge in [-0.1, -0.05) is 0 Å². The molecule has 4 saturated carbocycles. The maximum atomic E-state index is 15.2. The van der Waals surface area contributed by atoms with Gasteiger partial charge in [-0.05, 0) is 0 Å². The number of anilines is 1. The van der Waals surface area contributed by atoms with E-state index in [9.17, 15) is 27.1 Å². The van der Waals surface area contributed by atoms with Crippen LogP contribution in [-0.2, 0) is 6.18 Å². The second kappa shape index (κ2) is 7.12. The van der Waals surface area contributed by atoms with Crippen molar-refractivity contribution in [2.75, 3.05) is 29.9 Å². The summed E-state index contributed by atoms with van der Waals surface area (Å²) in [6.45, 7) is -0.283. The second-order valence-electron chi connectivity index (χ2n) is 10.4. The molecule has 0 atom stereocenters. The van der Waals surface area contributed by atoms with Crippen LogP contribution in [0.25, 0.3) is 0 Å². The van der Waals surface area contributed by atoms with E-state index in [1.807, 2.05) is 0 Å². The molecule has 3 N–H and O–H groups in total. The van der Waals surface area contributed by atoms with Crippen LogP contribution < -0.4 is 5.32 Å². The monoisotopic (exact) mass is 514 g/mol. The lowest BCUT2D eigenvalue weighted by molar-refractivity contribution is -0.184. The molecule has 6 rings (SSSR count). The van der Waals surface area contributed by atoms with Crippen molar-refractivity contribution in [1.29, 1.82) is 0 Å². The van der Waals surface area contributed by atoms with Crippen molar-refractivity contribution < 1.29 is 40.2 Å². The summed E-state index contributed by atoms with van der Waals surface area (Å²) in [5, 5.41) is 2.60. The average Bonchev–Trinajstić information content (AvgIpc) is 2.62. The van der Waals surface area contributed by atoms with Crippen molar-refractivity contribution >= 4 is 22.4 Å². The molecule has 190 valence electrons. The minimum atomic E-state index is -5.05. The zero-order valence-electron chi connectivity index (χ0n) is 18.0. The molecule has 7 nitrogen and oxygen atoms in total. The number of carbonyl (C=O) groups excluding carboxylic acids is 1. The first-order valence-corrected chi connectivity index (χ1v) is 12.7. The standard InChI is InChI=1S/C20H24F6N4O3S/c21-16-6-17(22)8-18(23,7-16)11-19(9-16,10-17)29-15-27-5-12(13(28-15)20(24,25)26)14(31)30-1-3-34(32,33)4-2-30/h5,32-33H,1-4,6-11H2,(H,27,28,29). The Hall–Kier alpha value is -1.80. The molecule has 14 heteroatoms. The third kappa shape index (κ3) is 4.21. The molecule has 1 amide bonds. The summed E-state index contributed by atoms with van der Waals surface area (Å²) in [6, 6.07) is 0. The van der Waals surface area contributed by atoms with Crippen LogP contribution in [-0.4, -0.2) is 77.0 Å². The largest absolute Gasteiger partial charge is 0.434 e. The molecule has 0 unspecified atom stereocenters. The third-order valence-electron chi connectivity index (χ3n) is 7.19. The van der Waals surface area contributed by atoms with Crippen LogP contribution in [0, 0.1) is 0 Å². The van der Waals surface area contributed by atoms with Crippen molar-refractivity contribution in [3.8, 4) is 0 Å². The van der Waals surface area contributed by atoms with E-state index < -0.39 is 81.7 Å². The number of aromatic nitrogens is 2. The van der Waals surface area contributed by atoms with E-state index in [0.717, 1.165) is 4.90 Å². The van der Waals surface area contributed by atoms with Gasteiger partial charge in [-0.25, -0.2) is 23.1 Å². The molecule has 5 fully saturated rings. The van der Waals surface area contributed by atoms with Gasteiger partial charge in [0.25, 0.3) is 5.91 Å². The Morgan fingerprint density at radius 1 is 0.971 bits per heavy atom. The summed E-state index contributed by atoms with van der Waals surface area (Å²) in [5.41, 5.74) is -10.2. The second-order valence-corrected chi connectivity index (χ2v) is 12.8. The molecule has 4 bridgehead atoms. The topological polar surface area (TPSA) is 98.6 Å². The van der Waals surface area contributed by atoms with Crippen LogP contribution in [0.15, 0.2) is 6.20 Å². The number of hydrogen-bond acceptors (Lipinski definition) is 6. The number of hydrogen-bond donors (Lipinski definition) is 3. The van der Waals surface area contributed by atoms with E-state index in [4.69, 9.17) is 0 Å². The van der Waals surface area contributed by atoms with Gasteiger partial charge in [-0.2, -0.15) is 23.8 Å². The van der Waals surface area contributed by atoms with Gasteiger partial charge in [0.05, 0.1) is 17.1 Å². The number of nitrogens with zero attached hydrogens (tertiary/aromatic N) is 3.